The van der Waals surface area contributed by atoms with Crippen molar-refractivity contribution in [2.24, 2.45) is 47.3 Å². The van der Waals surface area contributed by atoms with Crippen molar-refractivity contribution in [2.45, 2.75) is 88.6 Å². The first kappa shape index (κ1) is 21.7. The number of thioether (sulfide) groups is 2. The number of fused-ring (bicyclic) bond motifs is 4. The minimum absolute atomic E-state index is 0.874. The Bertz CT molecular complexity index is 678. The molecule has 0 N–H and O–H groups in total. The predicted octanol–water partition coefficient (Wildman–Crippen LogP) is 8.71. The van der Waals surface area contributed by atoms with Gasteiger partial charge in [-0.15, -0.1) is 30.1 Å². The SMILES string of the molecule is C=CCCCCC(CC1C(C)CC2C=CSC21)C1C2C=C(C)SC2C2CCCCC21. The lowest BCUT2D eigenvalue weighted by Crippen LogP contribution is -2.31. The van der Waals surface area contributed by atoms with Gasteiger partial charge in [0.05, 0.1) is 0 Å². The maximum atomic E-state index is 3.97. The Labute approximate surface area is 194 Å². The van der Waals surface area contributed by atoms with Gasteiger partial charge in [-0.25, -0.2) is 0 Å². The van der Waals surface area contributed by atoms with Gasteiger partial charge in [0, 0.05) is 10.5 Å². The van der Waals surface area contributed by atoms with E-state index in [0.717, 1.165) is 57.8 Å². The third-order valence-corrected chi connectivity index (χ3v) is 12.3. The van der Waals surface area contributed by atoms with E-state index < -0.39 is 0 Å². The molecule has 3 fully saturated rings. The molecular formula is C28H42S2. The van der Waals surface area contributed by atoms with Crippen LogP contribution in [0.15, 0.2) is 35.1 Å². The van der Waals surface area contributed by atoms with Crippen LogP contribution in [-0.4, -0.2) is 10.5 Å². The zero-order valence-electron chi connectivity index (χ0n) is 19.2. The molecule has 0 spiro atoms. The van der Waals surface area contributed by atoms with Crippen LogP contribution in [0.5, 0.6) is 0 Å². The molecule has 2 aliphatic heterocycles. The highest BCUT2D eigenvalue weighted by atomic mass is 32.2. The summed E-state index contributed by atoms with van der Waals surface area (Å²) in [6.45, 7) is 8.93. The van der Waals surface area contributed by atoms with E-state index in [1.165, 1.54) is 64.2 Å². The van der Waals surface area contributed by atoms with Gasteiger partial charge in [-0.05, 0) is 103 Å². The number of hydrogen-bond acceptors (Lipinski definition) is 2. The maximum Gasteiger partial charge on any atom is 0.0188 e. The number of rotatable bonds is 8. The molecule has 5 aliphatic rings. The molecule has 0 radical (unpaired) electrons. The summed E-state index contributed by atoms with van der Waals surface area (Å²) in [5, 5.41) is 4.24. The van der Waals surface area contributed by atoms with E-state index in [4.69, 9.17) is 0 Å². The van der Waals surface area contributed by atoms with Crippen LogP contribution in [0.4, 0.5) is 0 Å². The second kappa shape index (κ2) is 9.42. The van der Waals surface area contributed by atoms with Crippen molar-refractivity contribution in [2.75, 3.05) is 0 Å². The Morgan fingerprint density at radius 2 is 2.00 bits per heavy atom. The molecule has 0 amide bonds. The van der Waals surface area contributed by atoms with Gasteiger partial charge in [0.2, 0.25) is 0 Å². The lowest BCUT2D eigenvalue weighted by Gasteiger charge is -2.38. The molecule has 166 valence electrons. The van der Waals surface area contributed by atoms with Crippen LogP contribution in [0.1, 0.15) is 78.1 Å². The van der Waals surface area contributed by atoms with Crippen molar-refractivity contribution >= 4 is 23.5 Å². The Morgan fingerprint density at radius 1 is 1.17 bits per heavy atom. The van der Waals surface area contributed by atoms with E-state index in [9.17, 15) is 0 Å². The smallest absolute Gasteiger partial charge is 0.0188 e. The average Bonchev–Trinajstić information content (AvgIpc) is 3.46. The Balaban J connectivity index is 1.38. The van der Waals surface area contributed by atoms with Crippen molar-refractivity contribution in [1.82, 2.24) is 0 Å². The van der Waals surface area contributed by atoms with Crippen molar-refractivity contribution in [3.63, 3.8) is 0 Å². The monoisotopic (exact) mass is 442 g/mol. The standard InChI is InChI=1S/C28H42S2/c1-4-5-6-7-10-20(17-24-18(2)15-21-13-14-29-27(21)24)26-22-11-8-9-12-23(22)28-25(26)16-19(3)30-28/h4,13-14,16,18,20-28H,1,5-12,15,17H2,2-3H3. The van der Waals surface area contributed by atoms with Crippen LogP contribution >= 0.6 is 23.5 Å². The van der Waals surface area contributed by atoms with Gasteiger partial charge >= 0.3 is 0 Å². The topological polar surface area (TPSA) is 0 Å². The summed E-state index contributed by atoms with van der Waals surface area (Å²) in [7, 11) is 0. The van der Waals surface area contributed by atoms with Crippen molar-refractivity contribution in [3.8, 4) is 0 Å². The lowest BCUT2D eigenvalue weighted by molar-refractivity contribution is 0.131. The molecule has 0 aromatic heterocycles. The van der Waals surface area contributed by atoms with Crippen LogP contribution in [0.25, 0.3) is 0 Å². The highest BCUT2D eigenvalue weighted by Gasteiger charge is 2.55. The Morgan fingerprint density at radius 3 is 2.83 bits per heavy atom. The third kappa shape index (κ3) is 4.02. The second-order valence-electron chi connectivity index (χ2n) is 11.2. The summed E-state index contributed by atoms with van der Waals surface area (Å²) < 4.78 is 0. The van der Waals surface area contributed by atoms with E-state index in [0.29, 0.717) is 0 Å². The fourth-order valence-corrected chi connectivity index (χ4v) is 11.4. The van der Waals surface area contributed by atoms with Gasteiger partial charge in [-0.3, -0.25) is 0 Å². The maximum absolute atomic E-state index is 3.97. The van der Waals surface area contributed by atoms with Crippen LogP contribution in [0.2, 0.25) is 0 Å². The first-order chi connectivity index (χ1) is 14.7. The lowest BCUT2D eigenvalue weighted by atomic mass is 9.68. The summed E-state index contributed by atoms with van der Waals surface area (Å²) in [6.07, 6.45) is 21.8. The molecule has 0 aromatic carbocycles. The van der Waals surface area contributed by atoms with Crippen LogP contribution in [0.3, 0.4) is 0 Å². The molecular weight excluding hydrogens is 400 g/mol. The molecule has 10 atom stereocenters. The van der Waals surface area contributed by atoms with Crippen LogP contribution in [0, 0.1) is 47.3 Å². The van der Waals surface area contributed by atoms with Crippen LogP contribution < -0.4 is 0 Å². The summed E-state index contributed by atoms with van der Waals surface area (Å²) in [5.74, 6) is 7.58. The molecule has 0 saturated heterocycles. The summed E-state index contributed by atoms with van der Waals surface area (Å²) in [5.41, 5.74) is 0. The largest absolute Gasteiger partial charge is 0.130 e. The minimum atomic E-state index is 0.874. The van der Waals surface area contributed by atoms with Gasteiger partial charge in [0.1, 0.15) is 0 Å². The van der Waals surface area contributed by atoms with E-state index in [1.54, 1.807) is 4.91 Å². The summed E-state index contributed by atoms with van der Waals surface area (Å²) in [6, 6.07) is 0. The quantitative estimate of drug-likeness (QED) is 0.272. The molecule has 0 bridgehead atoms. The zero-order chi connectivity index (χ0) is 20.7. The second-order valence-corrected chi connectivity index (χ2v) is 13.7. The van der Waals surface area contributed by atoms with E-state index in [1.807, 2.05) is 0 Å². The first-order valence-corrected chi connectivity index (χ1v) is 14.8. The molecule has 5 rings (SSSR count). The predicted molar refractivity (Wildman–Crippen MR) is 136 cm³/mol. The van der Waals surface area contributed by atoms with E-state index in [2.05, 4.69) is 67.6 Å². The molecule has 30 heavy (non-hydrogen) atoms. The Kier molecular flexibility index (Phi) is 6.83. The zero-order valence-corrected chi connectivity index (χ0v) is 20.8. The molecule has 2 heterocycles. The Hall–Kier alpha value is -0.0800. The fourth-order valence-electron chi connectivity index (χ4n) is 8.31. The van der Waals surface area contributed by atoms with Crippen molar-refractivity contribution in [1.29, 1.82) is 0 Å². The number of hydrogen-bond donors (Lipinski definition) is 0. The van der Waals surface area contributed by atoms with Crippen molar-refractivity contribution < 1.29 is 0 Å². The van der Waals surface area contributed by atoms with Gasteiger partial charge < -0.3 is 0 Å². The summed E-state index contributed by atoms with van der Waals surface area (Å²) >= 11 is 4.44. The molecule has 2 heteroatoms. The molecule has 3 aliphatic carbocycles. The van der Waals surface area contributed by atoms with Crippen LogP contribution in [-0.2, 0) is 0 Å². The van der Waals surface area contributed by atoms with Gasteiger partial charge in [-0.1, -0.05) is 50.8 Å². The molecule has 3 saturated carbocycles. The first-order valence-electron chi connectivity index (χ1n) is 13.0. The minimum Gasteiger partial charge on any atom is -0.130 e. The highest BCUT2D eigenvalue weighted by Crippen LogP contribution is 2.62. The average molecular weight is 443 g/mol. The van der Waals surface area contributed by atoms with Gasteiger partial charge in [-0.2, -0.15) is 0 Å². The summed E-state index contributed by atoms with van der Waals surface area (Å²) in [4.78, 5) is 1.63. The third-order valence-electron chi connectivity index (χ3n) is 9.50. The molecule has 0 aromatic rings. The molecule has 10 unspecified atom stereocenters. The fraction of sp³-hybridized carbons (Fsp3) is 0.786. The highest BCUT2D eigenvalue weighted by molar-refractivity contribution is 8.04. The number of unbranched alkanes of at least 4 members (excludes halogenated alkanes) is 2. The van der Waals surface area contributed by atoms with Gasteiger partial charge in [0.15, 0.2) is 0 Å². The number of allylic oxidation sites excluding steroid dienone is 4. The normalized spacial score (nSPS) is 45.1. The van der Waals surface area contributed by atoms with Crippen molar-refractivity contribution in [3.05, 3.63) is 35.1 Å². The van der Waals surface area contributed by atoms with E-state index >= 15 is 0 Å². The molecule has 0 nitrogen and oxygen atoms in total. The van der Waals surface area contributed by atoms with E-state index in [-0.39, 0.29) is 0 Å². The van der Waals surface area contributed by atoms with Gasteiger partial charge in [0.25, 0.3) is 0 Å².